The summed E-state index contributed by atoms with van der Waals surface area (Å²) in [5.41, 5.74) is -0.301. The molecule has 0 fully saturated rings. The first-order valence-electron chi connectivity index (χ1n) is 7.40. The van der Waals surface area contributed by atoms with Gasteiger partial charge in [-0.25, -0.2) is 8.42 Å². The van der Waals surface area contributed by atoms with Gasteiger partial charge in [-0.3, -0.25) is 0 Å². The van der Waals surface area contributed by atoms with Gasteiger partial charge in [0.2, 0.25) is 9.84 Å². The first kappa shape index (κ1) is 22.8. The Morgan fingerprint density at radius 1 is 1.03 bits per heavy atom. The van der Waals surface area contributed by atoms with Gasteiger partial charge >= 0.3 is 13.2 Å². The number of benzene rings is 2. The van der Waals surface area contributed by atoms with Crippen molar-refractivity contribution >= 4 is 39.1 Å². The maximum absolute atomic E-state index is 12.7. The van der Waals surface area contributed by atoms with Crippen LogP contribution in [0.25, 0.3) is 6.08 Å². The van der Waals surface area contributed by atoms with Crippen LogP contribution >= 0.6 is 23.2 Å². The first-order valence-corrected chi connectivity index (χ1v) is 9.64. The van der Waals surface area contributed by atoms with E-state index in [1.165, 1.54) is 18.2 Å². The first-order chi connectivity index (χ1) is 13.5. The zero-order valence-electron chi connectivity index (χ0n) is 14.0. The highest BCUT2D eigenvalue weighted by Crippen LogP contribution is 2.33. The van der Waals surface area contributed by atoms with Gasteiger partial charge in [0.25, 0.3) is 0 Å². The summed E-state index contributed by atoms with van der Waals surface area (Å²) in [4.78, 5) is -1.35. The van der Waals surface area contributed by atoms with Crippen LogP contribution in [0.5, 0.6) is 11.5 Å². The maximum Gasteiger partial charge on any atom is 0.387 e. The Morgan fingerprint density at radius 3 is 2.28 bits per heavy atom. The molecule has 0 saturated carbocycles. The number of rotatable bonds is 7. The quantitative estimate of drug-likeness (QED) is 0.393. The molecule has 154 valence electrons. The third kappa shape index (κ3) is 5.76. The van der Waals surface area contributed by atoms with Crippen molar-refractivity contribution in [3.8, 4) is 17.6 Å². The molecule has 0 aliphatic rings. The Bertz CT molecular complexity index is 1090. The molecule has 0 N–H and O–H groups in total. The highest BCUT2D eigenvalue weighted by Gasteiger charge is 2.25. The summed E-state index contributed by atoms with van der Waals surface area (Å²) in [6, 6.07) is 7.63. The molecule has 12 heteroatoms. The number of halogens is 6. The van der Waals surface area contributed by atoms with E-state index in [2.05, 4.69) is 9.47 Å². The van der Waals surface area contributed by atoms with Crippen molar-refractivity contribution in [2.24, 2.45) is 0 Å². The lowest BCUT2D eigenvalue weighted by Gasteiger charge is -2.12. The summed E-state index contributed by atoms with van der Waals surface area (Å²) in [6.07, 6.45) is 0.733. The summed E-state index contributed by atoms with van der Waals surface area (Å²) in [5, 5.41) is 9.11. The van der Waals surface area contributed by atoms with E-state index in [-0.39, 0.29) is 15.6 Å². The van der Waals surface area contributed by atoms with Gasteiger partial charge in [0, 0.05) is 16.7 Å². The van der Waals surface area contributed by atoms with E-state index >= 15 is 0 Å². The molecule has 0 unspecified atom stereocenters. The molecule has 0 atom stereocenters. The van der Waals surface area contributed by atoms with Crippen LogP contribution in [0.1, 0.15) is 5.56 Å². The van der Waals surface area contributed by atoms with Crippen LogP contribution in [-0.4, -0.2) is 21.6 Å². The molecule has 0 saturated heterocycles. The predicted molar refractivity (Wildman–Crippen MR) is 96.9 cm³/mol. The Morgan fingerprint density at radius 2 is 1.69 bits per heavy atom. The molecule has 2 rings (SSSR count). The second-order valence-electron chi connectivity index (χ2n) is 5.16. The normalized spacial score (nSPS) is 12.2. The zero-order chi connectivity index (χ0) is 21.8. The number of hydrogen-bond acceptors (Lipinski definition) is 5. The molecule has 2 aromatic rings. The molecule has 0 amide bonds. The fraction of sp³-hybridized carbons (Fsp3) is 0.118. The molecule has 29 heavy (non-hydrogen) atoms. The molecule has 0 aliphatic heterocycles. The highest BCUT2D eigenvalue weighted by molar-refractivity contribution is 7.95. The van der Waals surface area contributed by atoms with E-state index in [0.717, 1.165) is 24.3 Å². The van der Waals surface area contributed by atoms with Crippen LogP contribution in [-0.2, 0) is 9.84 Å². The lowest BCUT2D eigenvalue weighted by Crippen LogP contribution is -2.07. The van der Waals surface area contributed by atoms with Crippen LogP contribution in [0.4, 0.5) is 17.6 Å². The van der Waals surface area contributed by atoms with E-state index < -0.39 is 44.4 Å². The minimum atomic E-state index is -4.49. The van der Waals surface area contributed by atoms with E-state index in [1.54, 1.807) is 0 Å². The van der Waals surface area contributed by atoms with Crippen LogP contribution < -0.4 is 9.47 Å². The topological polar surface area (TPSA) is 76.4 Å². The van der Waals surface area contributed by atoms with Gasteiger partial charge in [-0.05, 0) is 36.4 Å². The van der Waals surface area contributed by atoms with Crippen LogP contribution in [0.2, 0.25) is 10.0 Å². The van der Waals surface area contributed by atoms with Crippen LogP contribution in [0.3, 0.4) is 0 Å². The van der Waals surface area contributed by atoms with E-state index in [9.17, 15) is 31.2 Å². The molecule has 0 spiro atoms. The minimum Gasteiger partial charge on any atom is -0.435 e. The smallest absolute Gasteiger partial charge is 0.387 e. The number of hydrogen-bond donors (Lipinski definition) is 0. The molecule has 2 aromatic carbocycles. The van der Waals surface area contributed by atoms with Gasteiger partial charge in [0.1, 0.15) is 22.5 Å². The van der Waals surface area contributed by atoms with Crippen molar-refractivity contribution in [2.45, 2.75) is 18.1 Å². The number of alkyl halides is 4. The second-order valence-corrected chi connectivity index (χ2v) is 7.89. The molecular weight excluding hydrogens is 461 g/mol. The fourth-order valence-electron chi connectivity index (χ4n) is 2.12. The molecule has 0 radical (unpaired) electrons. The second kappa shape index (κ2) is 9.35. The van der Waals surface area contributed by atoms with Crippen molar-refractivity contribution in [2.75, 3.05) is 0 Å². The summed E-state index contributed by atoms with van der Waals surface area (Å²) in [7, 11) is -4.49. The van der Waals surface area contributed by atoms with Gasteiger partial charge in [-0.15, -0.1) is 0 Å². The number of ether oxygens (including phenoxy) is 2. The molecule has 0 heterocycles. The van der Waals surface area contributed by atoms with Crippen molar-refractivity contribution in [3.05, 3.63) is 56.9 Å². The van der Waals surface area contributed by atoms with E-state index in [0.29, 0.717) is 6.07 Å². The Labute approximate surface area is 172 Å². The summed E-state index contributed by atoms with van der Waals surface area (Å²) >= 11 is 11.6. The lowest BCUT2D eigenvalue weighted by atomic mass is 10.2. The Balaban J connectivity index is 2.59. The fourth-order valence-corrected chi connectivity index (χ4v) is 4.03. The third-order valence-corrected chi connectivity index (χ3v) is 5.68. The lowest BCUT2D eigenvalue weighted by molar-refractivity contribution is -0.0543. The van der Waals surface area contributed by atoms with E-state index in [1.807, 2.05) is 0 Å². The largest absolute Gasteiger partial charge is 0.435 e. The van der Waals surface area contributed by atoms with E-state index in [4.69, 9.17) is 23.2 Å². The van der Waals surface area contributed by atoms with Crippen LogP contribution in [0.15, 0.2) is 46.2 Å². The maximum atomic E-state index is 12.7. The average Bonchev–Trinajstić information content (AvgIpc) is 2.61. The number of nitriles is 1. The molecule has 0 aliphatic carbocycles. The van der Waals surface area contributed by atoms with Gasteiger partial charge < -0.3 is 9.47 Å². The molecule has 0 aromatic heterocycles. The highest BCUT2D eigenvalue weighted by atomic mass is 35.5. The van der Waals surface area contributed by atoms with Gasteiger partial charge in [0.15, 0.2) is 0 Å². The number of nitrogens with zero attached hydrogens (tertiary/aromatic N) is 1. The number of allylic oxidation sites excluding steroid dienone is 1. The summed E-state index contributed by atoms with van der Waals surface area (Å²) in [5.74, 6) is -1.19. The summed E-state index contributed by atoms with van der Waals surface area (Å²) < 4.78 is 83.8. The zero-order valence-corrected chi connectivity index (χ0v) is 16.3. The van der Waals surface area contributed by atoms with Crippen molar-refractivity contribution < 1.29 is 35.5 Å². The van der Waals surface area contributed by atoms with Gasteiger partial charge in [-0.1, -0.05) is 23.2 Å². The van der Waals surface area contributed by atoms with Crippen molar-refractivity contribution in [1.82, 2.24) is 0 Å². The summed E-state index contributed by atoms with van der Waals surface area (Å²) in [6.45, 7) is -6.58. The van der Waals surface area contributed by atoms with Crippen LogP contribution in [0, 0.1) is 11.3 Å². The van der Waals surface area contributed by atoms with Crippen molar-refractivity contribution in [3.63, 3.8) is 0 Å². The monoisotopic (exact) mass is 469 g/mol. The Kier molecular flexibility index (Phi) is 7.35. The minimum absolute atomic E-state index is 0.0282. The standard InChI is InChI=1S/C17H9Cl2F4NO4S/c18-10-2-4-13(19)15(6-10)29(25,26)12(8-24)5-9-1-3-11(27-16(20)21)7-14(9)28-17(22)23/h1-7,16-17H/b12-5+. The third-order valence-electron chi connectivity index (χ3n) is 3.30. The number of sulfone groups is 1. The predicted octanol–water partition coefficient (Wildman–Crippen LogP) is 5.53. The molecule has 5 nitrogen and oxygen atoms in total. The Hall–Kier alpha value is -2.48. The average molecular weight is 470 g/mol. The molecular formula is C17H9Cl2F4NO4S. The van der Waals surface area contributed by atoms with Crippen molar-refractivity contribution in [1.29, 1.82) is 5.26 Å². The molecule has 0 bridgehead atoms. The van der Waals surface area contributed by atoms with Gasteiger partial charge in [0.05, 0.1) is 9.92 Å². The SMILES string of the molecule is N#C/C(=C\c1ccc(OC(F)F)cc1OC(F)F)S(=O)(=O)c1cc(Cl)ccc1Cl. The van der Waals surface area contributed by atoms with Gasteiger partial charge in [-0.2, -0.15) is 22.8 Å².